The number of nitrogens with zero attached hydrogens (tertiary/aromatic N) is 1. The topological polar surface area (TPSA) is 48.0 Å². The van der Waals surface area contributed by atoms with Gasteiger partial charge < -0.3 is 19.1 Å². The number of carbonyl (C=O) groups is 1. The number of halogens is 1. The van der Waals surface area contributed by atoms with Gasteiger partial charge in [-0.15, -0.1) is 0 Å². The zero-order valence-corrected chi connectivity index (χ0v) is 14.2. The molecule has 1 amide bonds. The molecule has 0 bridgehead atoms. The molecule has 1 heterocycles. The number of carbonyl (C=O) groups excluding carboxylic acids is 1. The van der Waals surface area contributed by atoms with Crippen LogP contribution in [0.3, 0.4) is 0 Å². The Hall–Kier alpha value is -1.66. The van der Waals surface area contributed by atoms with Gasteiger partial charge in [0.2, 0.25) is 0 Å². The van der Waals surface area contributed by atoms with Crippen molar-refractivity contribution in [2.75, 3.05) is 26.4 Å². The highest BCUT2D eigenvalue weighted by molar-refractivity contribution is 5.78. The summed E-state index contributed by atoms with van der Waals surface area (Å²) in [4.78, 5) is 14.5. The minimum absolute atomic E-state index is 0.0257. The van der Waals surface area contributed by atoms with Crippen LogP contribution in [0.1, 0.15) is 25.7 Å². The third-order valence-electron chi connectivity index (χ3n) is 5.27. The van der Waals surface area contributed by atoms with Crippen LogP contribution in [0.4, 0.5) is 4.39 Å². The zero-order valence-electron chi connectivity index (χ0n) is 14.2. The molecule has 0 unspecified atom stereocenters. The highest BCUT2D eigenvalue weighted by Crippen LogP contribution is 2.35. The molecule has 136 valence electrons. The summed E-state index contributed by atoms with van der Waals surface area (Å²) in [6, 6.07) is 5.78. The van der Waals surface area contributed by atoms with E-state index in [-0.39, 0.29) is 36.6 Å². The summed E-state index contributed by atoms with van der Waals surface area (Å²) in [6.45, 7) is 1.90. The third kappa shape index (κ3) is 3.96. The summed E-state index contributed by atoms with van der Waals surface area (Å²) in [5.74, 6) is 0.851. The molecule has 25 heavy (non-hydrogen) atoms. The molecule has 6 heteroatoms. The van der Waals surface area contributed by atoms with E-state index in [0.717, 1.165) is 25.4 Å². The minimum Gasteiger partial charge on any atom is -0.484 e. The molecule has 5 nitrogen and oxygen atoms in total. The van der Waals surface area contributed by atoms with Crippen LogP contribution >= 0.6 is 0 Å². The Morgan fingerprint density at radius 2 is 2.00 bits per heavy atom. The van der Waals surface area contributed by atoms with Crippen molar-refractivity contribution in [1.82, 2.24) is 4.90 Å². The first-order valence-electron chi connectivity index (χ1n) is 9.12. The van der Waals surface area contributed by atoms with Crippen molar-refractivity contribution >= 4 is 5.91 Å². The molecule has 1 aromatic rings. The molecule has 0 N–H and O–H groups in total. The molecule has 0 spiro atoms. The van der Waals surface area contributed by atoms with Gasteiger partial charge in [0.15, 0.2) is 6.61 Å². The van der Waals surface area contributed by atoms with E-state index in [9.17, 15) is 9.18 Å². The molecule has 3 fully saturated rings. The summed E-state index contributed by atoms with van der Waals surface area (Å²) in [5.41, 5.74) is 0. The van der Waals surface area contributed by atoms with Gasteiger partial charge in [-0.25, -0.2) is 4.39 Å². The Morgan fingerprint density at radius 1 is 1.20 bits per heavy atom. The fraction of sp³-hybridized carbons (Fsp3) is 0.632. The van der Waals surface area contributed by atoms with Gasteiger partial charge in [0.05, 0.1) is 18.8 Å². The van der Waals surface area contributed by atoms with Crippen molar-refractivity contribution in [3.05, 3.63) is 30.1 Å². The predicted molar refractivity (Wildman–Crippen MR) is 88.8 cm³/mol. The average Bonchev–Trinajstić information content (AvgIpc) is 3.37. The molecular formula is C19H24FNO4. The van der Waals surface area contributed by atoms with E-state index in [4.69, 9.17) is 14.2 Å². The number of hydrogen-bond acceptors (Lipinski definition) is 4. The zero-order chi connectivity index (χ0) is 17.2. The second-order valence-corrected chi connectivity index (χ2v) is 7.12. The van der Waals surface area contributed by atoms with Gasteiger partial charge in [0.1, 0.15) is 17.7 Å². The molecular weight excluding hydrogens is 325 g/mol. The SMILES string of the molecule is O=C(COc1ccc(F)cc1)N1CCO[C@H]2[C@@H](OCC3CC3)CC[C@@H]21. The second-order valence-electron chi connectivity index (χ2n) is 7.12. The van der Waals surface area contributed by atoms with Crippen LogP contribution in [-0.4, -0.2) is 55.4 Å². The fourth-order valence-electron chi connectivity index (χ4n) is 3.71. The third-order valence-corrected chi connectivity index (χ3v) is 5.27. The molecule has 4 rings (SSSR count). The Balaban J connectivity index is 1.31. The first kappa shape index (κ1) is 16.8. The first-order valence-corrected chi connectivity index (χ1v) is 9.12. The lowest BCUT2D eigenvalue weighted by Crippen LogP contribution is -2.55. The molecule has 0 aromatic heterocycles. The number of hydrogen-bond donors (Lipinski definition) is 0. The number of fused-ring (bicyclic) bond motifs is 1. The maximum absolute atomic E-state index is 12.9. The first-order chi connectivity index (χ1) is 12.2. The van der Waals surface area contributed by atoms with Crippen LogP contribution in [0.5, 0.6) is 5.75 Å². The molecule has 0 radical (unpaired) electrons. The fourth-order valence-corrected chi connectivity index (χ4v) is 3.71. The van der Waals surface area contributed by atoms with Crippen LogP contribution in [0.25, 0.3) is 0 Å². The monoisotopic (exact) mass is 349 g/mol. The lowest BCUT2D eigenvalue weighted by Gasteiger charge is -2.39. The Morgan fingerprint density at radius 3 is 2.76 bits per heavy atom. The summed E-state index contributed by atoms with van der Waals surface area (Å²) >= 11 is 0. The average molecular weight is 349 g/mol. The minimum atomic E-state index is -0.321. The number of benzene rings is 1. The highest BCUT2D eigenvalue weighted by atomic mass is 19.1. The van der Waals surface area contributed by atoms with Gasteiger partial charge in [0, 0.05) is 13.2 Å². The van der Waals surface area contributed by atoms with Crippen molar-refractivity contribution in [3.63, 3.8) is 0 Å². The maximum atomic E-state index is 12.9. The van der Waals surface area contributed by atoms with E-state index in [2.05, 4.69) is 0 Å². The summed E-state index contributed by atoms with van der Waals surface area (Å²) in [7, 11) is 0. The molecule has 1 saturated heterocycles. The van der Waals surface area contributed by atoms with Crippen molar-refractivity contribution in [2.45, 2.75) is 43.9 Å². The van der Waals surface area contributed by atoms with Crippen molar-refractivity contribution in [1.29, 1.82) is 0 Å². The standard InChI is InChI=1S/C19H24FNO4/c20-14-3-5-15(6-4-14)24-12-18(22)21-9-10-23-19-16(21)7-8-17(19)25-11-13-1-2-13/h3-6,13,16-17,19H,1-2,7-12H2/t16-,17-,19+/m0/s1. The van der Waals surface area contributed by atoms with Gasteiger partial charge in [-0.3, -0.25) is 4.79 Å². The summed E-state index contributed by atoms with van der Waals surface area (Å²) in [6.07, 6.45) is 4.45. The highest BCUT2D eigenvalue weighted by Gasteiger charge is 2.45. The Labute approximate surface area is 147 Å². The van der Waals surface area contributed by atoms with Gasteiger partial charge >= 0.3 is 0 Å². The Kier molecular flexibility index (Phi) is 4.90. The van der Waals surface area contributed by atoms with Crippen molar-refractivity contribution < 1.29 is 23.4 Å². The normalized spacial score (nSPS) is 28.7. The van der Waals surface area contributed by atoms with Crippen LogP contribution in [0.2, 0.25) is 0 Å². The van der Waals surface area contributed by atoms with Crippen LogP contribution in [0, 0.1) is 11.7 Å². The number of rotatable bonds is 6. The molecule has 2 saturated carbocycles. The smallest absolute Gasteiger partial charge is 0.260 e. The van der Waals surface area contributed by atoms with Crippen LogP contribution in [-0.2, 0) is 14.3 Å². The largest absolute Gasteiger partial charge is 0.484 e. The van der Waals surface area contributed by atoms with Crippen molar-refractivity contribution in [3.8, 4) is 5.75 Å². The molecule has 3 atom stereocenters. The number of ether oxygens (including phenoxy) is 3. The lowest BCUT2D eigenvalue weighted by molar-refractivity contribution is -0.153. The maximum Gasteiger partial charge on any atom is 0.260 e. The number of morpholine rings is 1. The second kappa shape index (κ2) is 7.30. The number of amides is 1. The van der Waals surface area contributed by atoms with Crippen LogP contribution in [0.15, 0.2) is 24.3 Å². The molecule has 1 aromatic carbocycles. The molecule has 1 aliphatic heterocycles. The van der Waals surface area contributed by atoms with E-state index in [1.165, 1.54) is 37.1 Å². The van der Waals surface area contributed by atoms with E-state index in [0.29, 0.717) is 18.9 Å². The van der Waals surface area contributed by atoms with Gasteiger partial charge in [0.25, 0.3) is 5.91 Å². The van der Waals surface area contributed by atoms with Gasteiger partial charge in [-0.1, -0.05) is 0 Å². The predicted octanol–water partition coefficient (Wildman–Crippen LogP) is 2.39. The van der Waals surface area contributed by atoms with Crippen LogP contribution < -0.4 is 4.74 Å². The summed E-state index contributed by atoms with van der Waals surface area (Å²) < 4.78 is 30.4. The van der Waals surface area contributed by atoms with E-state index in [1.807, 2.05) is 4.90 Å². The quantitative estimate of drug-likeness (QED) is 0.791. The lowest BCUT2D eigenvalue weighted by atomic mass is 10.1. The van der Waals surface area contributed by atoms with Gasteiger partial charge in [-0.2, -0.15) is 0 Å². The Bertz CT molecular complexity index is 604. The van der Waals surface area contributed by atoms with Gasteiger partial charge in [-0.05, 0) is 55.9 Å². The van der Waals surface area contributed by atoms with E-state index >= 15 is 0 Å². The van der Waals surface area contributed by atoms with Crippen molar-refractivity contribution in [2.24, 2.45) is 5.92 Å². The van der Waals surface area contributed by atoms with E-state index < -0.39 is 0 Å². The summed E-state index contributed by atoms with van der Waals surface area (Å²) in [5, 5.41) is 0. The van der Waals surface area contributed by atoms with E-state index in [1.54, 1.807) is 0 Å². The molecule has 3 aliphatic rings. The molecule has 2 aliphatic carbocycles.